The molecule has 4 heterocycles. The normalized spacial score (nSPS) is 21.5. The fraction of sp³-hybridized carbons (Fsp3) is 0.458. The molecule has 1 atom stereocenters. The number of cyclic esters (lactones) is 1. The van der Waals surface area contributed by atoms with Crippen molar-refractivity contribution in [3.8, 4) is 0 Å². The number of benzene rings is 1. The highest BCUT2D eigenvalue weighted by molar-refractivity contribution is 6.00. The quantitative estimate of drug-likeness (QED) is 0.732. The third kappa shape index (κ3) is 3.58. The molecular weight excluding hydrogens is 410 g/mol. The number of aliphatic hydroxyl groups excluding tert-OH is 1. The summed E-state index contributed by atoms with van der Waals surface area (Å²) in [5, 5.41) is 10.9. The Bertz CT molecular complexity index is 1030. The number of nitrogens with zero attached hydrogens (tertiary/aromatic N) is 3. The number of carbonyl (C=O) groups excluding carboxylic acids is 2. The molecule has 0 unspecified atom stereocenters. The van der Waals surface area contributed by atoms with E-state index < -0.39 is 11.7 Å². The topological polar surface area (TPSA) is 92.2 Å². The van der Waals surface area contributed by atoms with Gasteiger partial charge in [-0.3, -0.25) is 9.78 Å². The van der Waals surface area contributed by atoms with Crippen LogP contribution in [-0.4, -0.2) is 65.3 Å². The number of pyridine rings is 1. The Morgan fingerprint density at radius 3 is 2.62 bits per heavy atom. The highest BCUT2D eigenvalue weighted by Crippen LogP contribution is 2.35. The van der Waals surface area contributed by atoms with Gasteiger partial charge in [0.1, 0.15) is 12.2 Å². The van der Waals surface area contributed by atoms with Gasteiger partial charge in [-0.1, -0.05) is 6.07 Å². The second-order valence-electron chi connectivity index (χ2n) is 8.70. The van der Waals surface area contributed by atoms with E-state index in [2.05, 4.69) is 9.88 Å². The lowest BCUT2D eigenvalue weighted by Crippen LogP contribution is -2.61. The van der Waals surface area contributed by atoms with Crippen LogP contribution >= 0.6 is 0 Å². The molecule has 0 radical (unpaired) electrons. The van der Waals surface area contributed by atoms with Crippen molar-refractivity contribution in [2.24, 2.45) is 0 Å². The highest BCUT2D eigenvalue weighted by atomic mass is 16.5. The van der Waals surface area contributed by atoms with Crippen molar-refractivity contribution in [3.05, 3.63) is 58.9 Å². The average Bonchev–Trinajstić information content (AvgIpc) is 3.19. The number of aromatic nitrogens is 1. The number of morpholine rings is 1. The van der Waals surface area contributed by atoms with Crippen LogP contribution in [0.4, 0.5) is 5.69 Å². The Balaban J connectivity index is 1.24. The van der Waals surface area contributed by atoms with E-state index in [0.717, 1.165) is 22.4 Å². The van der Waals surface area contributed by atoms with Gasteiger partial charge in [0.15, 0.2) is 0 Å². The third-order valence-corrected chi connectivity index (χ3v) is 6.96. The van der Waals surface area contributed by atoms with Gasteiger partial charge in [-0.15, -0.1) is 0 Å². The Morgan fingerprint density at radius 1 is 1.12 bits per heavy atom. The summed E-state index contributed by atoms with van der Waals surface area (Å²) in [5.41, 5.74) is 3.22. The van der Waals surface area contributed by atoms with Gasteiger partial charge >= 0.3 is 5.97 Å². The number of aliphatic hydroxyl groups is 1. The van der Waals surface area contributed by atoms with Gasteiger partial charge in [-0.25, -0.2) is 4.79 Å². The lowest BCUT2D eigenvalue weighted by molar-refractivity contribution is -0.158. The van der Waals surface area contributed by atoms with Crippen LogP contribution in [-0.2, 0) is 20.9 Å². The minimum atomic E-state index is -0.801. The molecule has 3 aliphatic rings. The van der Waals surface area contributed by atoms with E-state index in [1.165, 1.54) is 0 Å². The van der Waals surface area contributed by atoms with Crippen LogP contribution in [0.25, 0.3) is 0 Å². The van der Waals surface area contributed by atoms with Gasteiger partial charge in [0, 0.05) is 49.8 Å². The fourth-order valence-electron chi connectivity index (χ4n) is 5.04. The summed E-state index contributed by atoms with van der Waals surface area (Å²) >= 11 is 0. The summed E-state index contributed by atoms with van der Waals surface area (Å²) in [5.74, 6) is -0.294. The molecule has 1 aromatic heterocycles. The molecule has 2 fully saturated rings. The van der Waals surface area contributed by atoms with Crippen LogP contribution in [0.3, 0.4) is 0 Å². The largest absolute Gasteiger partial charge is 0.457 e. The monoisotopic (exact) mass is 437 g/mol. The molecule has 2 saturated heterocycles. The number of carbonyl (C=O) groups is 2. The van der Waals surface area contributed by atoms with Gasteiger partial charge in [-0.05, 0) is 49.1 Å². The Hall–Kier alpha value is -2.81. The molecule has 8 heteroatoms. The molecule has 0 aliphatic carbocycles. The molecule has 1 aromatic carbocycles. The number of amides is 1. The fourth-order valence-corrected chi connectivity index (χ4v) is 5.04. The first kappa shape index (κ1) is 21.1. The van der Waals surface area contributed by atoms with E-state index in [1.54, 1.807) is 23.4 Å². The molecule has 1 spiro atoms. The molecular formula is C24H27N3O5. The number of hydrogen-bond donors (Lipinski definition) is 1. The van der Waals surface area contributed by atoms with E-state index >= 15 is 0 Å². The van der Waals surface area contributed by atoms with E-state index in [-0.39, 0.29) is 18.5 Å². The minimum Gasteiger partial charge on any atom is -0.457 e. The zero-order valence-electron chi connectivity index (χ0n) is 18.1. The Morgan fingerprint density at radius 2 is 1.88 bits per heavy atom. The molecule has 2 aromatic rings. The van der Waals surface area contributed by atoms with Crippen molar-refractivity contribution >= 4 is 17.6 Å². The second-order valence-corrected chi connectivity index (χ2v) is 8.70. The predicted octanol–water partition coefficient (Wildman–Crippen LogP) is 1.99. The molecule has 8 nitrogen and oxygen atoms in total. The number of rotatable bonds is 4. The van der Waals surface area contributed by atoms with E-state index in [4.69, 9.17) is 9.47 Å². The number of esters is 1. The van der Waals surface area contributed by atoms with Crippen molar-refractivity contribution in [1.29, 1.82) is 0 Å². The number of piperidine rings is 1. The zero-order valence-corrected chi connectivity index (χ0v) is 18.1. The molecule has 5 rings (SSSR count). The molecule has 0 saturated carbocycles. The van der Waals surface area contributed by atoms with E-state index in [0.29, 0.717) is 51.2 Å². The maximum atomic E-state index is 13.3. The lowest BCUT2D eigenvalue weighted by Gasteiger charge is -2.46. The van der Waals surface area contributed by atoms with Gasteiger partial charge in [0.05, 0.1) is 18.3 Å². The molecule has 3 aliphatic heterocycles. The van der Waals surface area contributed by atoms with Gasteiger partial charge < -0.3 is 24.4 Å². The first-order valence-corrected chi connectivity index (χ1v) is 11.0. The van der Waals surface area contributed by atoms with Crippen LogP contribution in [0.1, 0.15) is 46.0 Å². The maximum Gasteiger partial charge on any atom is 0.338 e. The highest BCUT2D eigenvalue weighted by Gasteiger charge is 2.47. The predicted molar refractivity (Wildman–Crippen MR) is 116 cm³/mol. The number of ether oxygens (including phenoxy) is 2. The Labute approximate surface area is 186 Å². The molecule has 168 valence electrons. The zero-order chi connectivity index (χ0) is 22.3. The molecule has 1 N–H and O–H groups in total. The first-order valence-electron chi connectivity index (χ1n) is 11.0. The van der Waals surface area contributed by atoms with Crippen molar-refractivity contribution in [2.75, 3.05) is 37.7 Å². The lowest BCUT2D eigenvalue weighted by atomic mass is 9.87. The summed E-state index contributed by atoms with van der Waals surface area (Å²) in [6.07, 6.45) is 3.88. The van der Waals surface area contributed by atoms with Crippen molar-refractivity contribution < 1.29 is 24.2 Å². The van der Waals surface area contributed by atoms with Crippen molar-refractivity contribution in [1.82, 2.24) is 9.88 Å². The maximum absolute atomic E-state index is 13.3. The Kier molecular flexibility index (Phi) is 5.44. The van der Waals surface area contributed by atoms with Gasteiger partial charge in [0.2, 0.25) is 0 Å². The average molecular weight is 437 g/mol. The summed E-state index contributed by atoms with van der Waals surface area (Å²) in [6, 6.07) is 7.25. The van der Waals surface area contributed by atoms with Crippen LogP contribution in [0.2, 0.25) is 0 Å². The number of likely N-dealkylation sites (tertiary alicyclic amines) is 1. The van der Waals surface area contributed by atoms with Crippen LogP contribution in [0.5, 0.6) is 0 Å². The van der Waals surface area contributed by atoms with Crippen LogP contribution < -0.4 is 4.90 Å². The summed E-state index contributed by atoms with van der Waals surface area (Å²) in [4.78, 5) is 33.1. The molecule has 1 amide bonds. The summed E-state index contributed by atoms with van der Waals surface area (Å²) < 4.78 is 11.2. The minimum absolute atomic E-state index is 0.00859. The number of anilines is 1. The number of fused-ring (bicyclic) bond motifs is 1. The van der Waals surface area contributed by atoms with Crippen molar-refractivity contribution in [2.45, 2.75) is 38.1 Å². The molecule has 32 heavy (non-hydrogen) atoms. The van der Waals surface area contributed by atoms with Crippen LogP contribution in [0.15, 0.2) is 36.7 Å². The summed E-state index contributed by atoms with van der Waals surface area (Å²) in [7, 11) is 0. The second kappa shape index (κ2) is 8.27. The number of hydrogen-bond acceptors (Lipinski definition) is 7. The first-order chi connectivity index (χ1) is 15.5. The van der Waals surface area contributed by atoms with Crippen molar-refractivity contribution in [3.63, 3.8) is 0 Å². The summed E-state index contributed by atoms with van der Waals surface area (Å²) in [6.45, 7) is 5.03. The molecule has 0 bridgehead atoms. The standard InChI is InChI=1S/C24H27N3O5/c1-16-18(2-3-19-20(16)15-31-22(19)29)21(28)14-26-10-6-24(7-11-26)23(30)27(12-13-32-24)17-4-8-25-9-5-17/h2-5,8-9,21,28H,6-7,10-15H2,1H3/t21-/m0/s1. The van der Waals surface area contributed by atoms with E-state index in [9.17, 15) is 14.7 Å². The van der Waals surface area contributed by atoms with E-state index in [1.807, 2.05) is 25.1 Å². The smallest absolute Gasteiger partial charge is 0.338 e. The van der Waals surface area contributed by atoms with Gasteiger partial charge in [0.25, 0.3) is 5.91 Å². The van der Waals surface area contributed by atoms with Crippen LogP contribution in [0, 0.1) is 6.92 Å². The third-order valence-electron chi connectivity index (χ3n) is 6.96. The van der Waals surface area contributed by atoms with Gasteiger partial charge in [-0.2, -0.15) is 0 Å². The number of β-amino-alcohol motifs (C(OH)–C–C–N with tert-alkyl or cyclic N) is 1. The SMILES string of the molecule is Cc1c([C@@H](O)CN2CCC3(CC2)OCCN(c2ccncc2)C3=O)ccc2c1COC2=O.